The molecule has 0 spiro atoms. The predicted molar refractivity (Wildman–Crippen MR) is 70.2 cm³/mol. The fourth-order valence-electron chi connectivity index (χ4n) is 2.27. The molecule has 1 aliphatic rings. The predicted octanol–water partition coefficient (Wildman–Crippen LogP) is 2.67. The van der Waals surface area contributed by atoms with Crippen LogP contribution in [-0.4, -0.2) is 30.3 Å². The van der Waals surface area contributed by atoms with Gasteiger partial charge in [-0.15, -0.1) is 0 Å². The van der Waals surface area contributed by atoms with Gasteiger partial charge < -0.3 is 15.2 Å². The van der Waals surface area contributed by atoms with Crippen LogP contribution >= 0.6 is 0 Å². The first-order valence-electron chi connectivity index (χ1n) is 6.19. The molecule has 0 aromatic heterocycles. The Labute approximate surface area is 107 Å². The highest BCUT2D eigenvalue weighted by Crippen LogP contribution is 2.35. The molecule has 0 saturated heterocycles. The van der Waals surface area contributed by atoms with E-state index in [0.717, 1.165) is 18.4 Å². The Balaban J connectivity index is 2.11. The Bertz CT molecular complexity index is 447. The molecule has 1 aliphatic carbocycles. The van der Waals surface area contributed by atoms with Gasteiger partial charge in [-0.1, -0.05) is 11.6 Å². The smallest absolute Gasteiger partial charge is 0.337 e. The van der Waals surface area contributed by atoms with Crippen LogP contribution in [0, 0.1) is 6.92 Å². The highest BCUT2D eigenvalue weighted by Gasteiger charge is 2.36. The van der Waals surface area contributed by atoms with E-state index in [1.165, 1.54) is 6.42 Å². The number of hydrogen-bond acceptors (Lipinski definition) is 3. The molecule has 2 rings (SSSR count). The molecule has 0 radical (unpaired) electrons. The number of anilines is 1. The van der Waals surface area contributed by atoms with Gasteiger partial charge in [-0.25, -0.2) is 4.79 Å². The molecule has 18 heavy (non-hydrogen) atoms. The first-order valence-corrected chi connectivity index (χ1v) is 6.19. The monoisotopic (exact) mass is 249 g/mol. The molecule has 1 saturated carbocycles. The Morgan fingerprint density at radius 2 is 2.22 bits per heavy atom. The molecule has 0 bridgehead atoms. The van der Waals surface area contributed by atoms with Crippen LogP contribution in [0.15, 0.2) is 18.2 Å². The third-order valence-electron chi connectivity index (χ3n) is 3.70. The van der Waals surface area contributed by atoms with Crippen molar-refractivity contribution in [2.75, 3.05) is 19.0 Å². The van der Waals surface area contributed by atoms with E-state index in [2.05, 4.69) is 5.32 Å². The van der Waals surface area contributed by atoms with E-state index in [9.17, 15) is 9.90 Å². The van der Waals surface area contributed by atoms with E-state index in [1.807, 2.05) is 19.1 Å². The number of aryl methyl sites for hydroxylation is 1. The molecule has 0 aliphatic heterocycles. The van der Waals surface area contributed by atoms with Crippen LogP contribution in [0.3, 0.4) is 0 Å². The SMILES string of the molecule is COC1(CNc2ccc(C)cc2C(=O)O)CCC1. The topological polar surface area (TPSA) is 58.6 Å². The van der Waals surface area contributed by atoms with Crippen molar-refractivity contribution in [1.82, 2.24) is 0 Å². The third kappa shape index (κ3) is 2.48. The van der Waals surface area contributed by atoms with Gasteiger partial charge in [0.05, 0.1) is 11.2 Å². The molecule has 1 fully saturated rings. The van der Waals surface area contributed by atoms with E-state index in [0.29, 0.717) is 17.8 Å². The van der Waals surface area contributed by atoms with Crippen LogP contribution in [0.25, 0.3) is 0 Å². The van der Waals surface area contributed by atoms with Crippen molar-refractivity contribution in [3.63, 3.8) is 0 Å². The lowest BCUT2D eigenvalue weighted by Crippen LogP contribution is -2.45. The second-order valence-corrected chi connectivity index (χ2v) is 4.95. The minimum atomic E-state index is -0.902. The van der Waals surface area contributed by atoms with Crippen molar-refractivity contribution in [1.29, 1.82) is 0 Å². The zero-order chi connectivity index (χ0) is 13.2. The fraction of sp³-hybridized carbons (Fsp3) is 0.500. The van der Waals surface area contributed by atoms with Crippen LogP contribution in [-0.2, 0) is 4.74 Å². The molecule has 4 heteroatoms. The molecule has 0 heterocycles. The molecule has 0 atom stereocenters. The lowest BCUT2D eigenvalue weighted by molar-refractivity contribution is -0.0601. The normalized spacial score (nSPS) is 17.0. The maximum absolute atomic E-state index is 11.2. The van der Waals surface area contributed by atoms with Gasteiger partial charge in [0.2, 0.25) is 0 Å². The minimum Gasteiger partial charge on any atom is -0.478 e. The number of benzene rings is 1. The number of carbonyl (C=O) groups is 1. The maximum atomic E-state index is 11.2. The first kappa shape index (κ1) is 12.9. The standard InChI is InChI=1S/C14H19NO3/c1-10-4-5-12(11(8-10)13(16)17)15-9-14(18-2)6-3-7-14/h4-5,8,15H,3,6-7,9H2,1-2H3,(H,16,17). The van der Waals surface area contributed by atoms with Crippen LogP contribution in [0.4, 0.5) is 5.69 Å². The van der Waals surface area contributed by atoms with Crippen molar-refractivity contribution >= 4 is 11.7 Å². The Kier molecular flexibility index (Phi) is 3.57. The molecule has 0 unspecified atom stereocenters. The van der Waals surface area contributed by atoms with Gasteiger partial charge in [0, 0.05) is 19.3 Å². The average Bonchev–Trinajstić information content (AvgIpc) is 2.29. The van der Waals surface area contributed by atoms with E-state index in [-0.39, 0.29) is 5.60 Å². The Hall–Kier alpha value is -1.55. The van der Waals surface area contributed by atoms with Crippen molar-refractivity contribution in [3.8, 4) is 0 Å². The van der Waals surface area contributed by atoms with Crippen LogP contribution < -0.4 is 5.32 Å². The van der Waals surface area contributed by atoms with Gasteiger partial charge >= 0.3 is 5.97 Å². The van der Waals surface area contributed by atoms with Crippen LogP contribution in [0.1, 0.15) is 35.2 Å². The highest BCUT2D eigenvalue weighted by molar-refractivity contribution is 5.94. The maximum Gasteiger partial charge on any atom is 0.337 e. The van der Waals surface area contributed by atoms with E-state index in [4.69, 9.17) is 4.74 Å². The van der Waals surface area contributed by atoms with Gasteiger partial charge in [-0.2, -0.15) is 0 Å². The van der Waals surface area contributed by atoms with Crippen molar-refractivity contribution in [2.45, 2.75) is 31.8 Å². The highest BCUT2D eigenvalue weighted by atomic mass is 16.5. The number of ether oxygens (including phenoxy) is 1. The minimum absolute atomic E-state index is 0.110. The zero-order valence-electron chi connectivity index (χ0n) is 10.8. The summed E-state index contributed by atoms with van der Waals surface area (Å²) in [6, 6.07) is 5.42. The summed E-state index contributed by atoms with van der Waals surface area (Å²) in [6.45, 7) is 2.55. The number of carboxylic acid groups (broad SMARTS) is 1. The molecular formula is C14H19NO3. The van der Waals surface area contributed by atoms with Gasteiger partial charge in [0.1, 0.15) is 0 Å². The summed E-state index contributed by atoms with van der Waals surface area (Å²) >= 11 is 0. The fourth-order valence-corrected chi connectivity index (χ4v) is 2.27. The molecule has 2 N–H and O–H groups in total. The number of aromatic carboxylic acids is 1. The molecular weight excluding hydrogens is 230 g/mol. The summed E-state index contributed by atoms with van der Waals surface area (Å²) in [5.41, 5.74) is 1.82. The molecule has 0 amide bonds. The number of methoxy groups -OCH3 is 1. The molecule has 1 aromatic rings. The van der Waals surface area contributed by atoms with Gasteiger partial charge in [0.15, 0.2) is 0 Å². The zero-order valence-corrected chi connectivity index (χ0v) is 10.8. The molecule has 4 nitrogen and oxygen atoms in total. The quantitative estimate of drug-likeness (QED) is 0.842. The van der Waals surface area contributed by atoms with Gasteiger partial charge in [-0.05, 0) is 38.3 Å². The number of rotatable bonds is 5. The van der Waals surface area contributed by atoms with E-state index >= 15 is 0 Å². The lowest BCUT2D eigenvalue weighted by atomic mass is 9.80. The molecule has 1 aromatic carbocycles. The largest absolute Gasteiger partial charge is 0.478 e. The Morgan fingerprint density at radius 3 is 2.72 bits per heavy atom. The van der Waals surface area contributed by atoms with Crippen molar-refractivity contribution < 1.29 is 14.6 Å². The number of nitrogens with one attached hydrogen (secondary N) is 1. The number of carboxylic acids is 1. The van der Waals surface area contributed by atoms with Gasteiger partial charge in [-0.3, -0.25) is 0 Å². The summed E-state index contributed by atoms with van der Waals surface area (Å²) < 4.78 is 5.51. The second kappa shape index (κ2) is 4.98. The van der Waals surface area contributed by atoms with Gasteiger partial charge in [0.25, 0.3) is 0 Å². The summed E-state index contributed by atoms with van der Waals surface area (Å²) in [6.07, 6.45) is 3.24. The third-order valence-corrected chi connectivity index (χ3v) is 3.70. The average molecular weight is 249 g/mol. The first-order chi connectivity index (χ1) is 8.56. The number of hydrogen-bond donors (Lipinski definition) is 2. The van der Waals surface area contributed by atoms with Crippen molar-refractivity contribution in [2.24, 2.45) is 0 Å². The van der Waals surface area contributed by atoms with Crippen molar-refractivity contribution in [3.05, 3.63) is 29.3 Å². The van der Waals surface area contributed by atoms with Crippen LogP contribution in [0.5, 0.6) is 0 Å². The van der Waals surface area contributed by atoms with E-state index in [1.54, 1.807) is 13.2 Å². The molecule has 98 valence electrons. The summed E-state index contributed by atoms with van der Waals surface area (Å²) in [7, 11) is 1.72. The summed E-state index contributed by atoms with van der Waals surface area (Å²) in [5.74, 6) is -0.902. The van der Waals surface area contributed by atoms with Crippen LogP contribution in [0.2, 0.25) is 0 Å². The lowest BCUT2D eigenvalue weighted by Gasteiger charge is -2.40. The Morgan fingerprint density at radius 1 is 1.50 bits per heavy atom. The summed E-state index contributed by atoms with van der Waals surface area (Å²) in [4.78, 5) is 11.2. The second-order valence-electron chi connectivity index (χ2n) is 4.95. The summed E-state index contributed by atoms with van der Waals surface area (Å²) in [5, 5.41) is 12.4. The van der Waals surface area contributed by atoms with E-state index < -0.39 is 5.97 Å².